The van der Waals surface area contributed by atoms with Gasteiger partial charge in [-0.25, -0.2) is 0 Å². The molecule has 0 bridgehead atoms. The van der Waals surface area contributed by atoms with Gasteiger partial charge in [-0.05, 0) is 24.7 Å². The summed E-state index contributed by atoms with van der Waals surface area (Å²) in [5.74, 6) is 0. The number of hydrogen-bond donors (Lipinski definition) is 2. The molecule has 0 aromatic rings. The zero-order valence-electron chi connectivity index (χ0n) is 9.38. The van der Waals surface area contributed by atoms with E-state index in [-0.39, 0.29) is 5.41 Å². The molecule has 0 rings (SSSR count). The highest BCUT2D eigenvalue weighted by Crippen LogP contribution is 2.33. The van der Waals surface area contributed by atoms with Crippen molar-refractivity contribution in [3.63, 3.8) is 0 Å². The summed E-state index contributed by atoms with van der Waals surface area (Å²) in [6.45, 7) is 8.14. The molecule has 0 spiro atoms. The van der Waals surface area contributed by atoms with Crippen LogP contribution in [0.5, 0.6) is 0 Å². The quantitative estimate of drug-likeness (QED) is 0.671. The van der Waals surface area contributed by atoms with Crippen molar-refractivity contribution >= 4 is 0 Å². The number of rotatable bonds is 6. The molecule has 0 saturated carbocycles. The second-order valence-corrected chi connectivity index (χ2v) is 4.18. The second kappa shape index (κ2) is 5.61. The Morgan fingerprint density at radius 3 is 2.00 bits per heavy atom. The zero-order valence-corrected chi connectivity index (χ0v) is 9.38. The largest absolute Gasteiger partial charge is 0.390 e. The highest BCUT2D eigenvalue weighted by Gasteiger charge is 2.34. The Bertz CT molecular complexity index is 136. The molecule has 0 saturated heterocycles. The highest BCUT2D eigenvalue weighted by molar-refractivity contribution is 4.84. The molecule has 2 nitrogen and oxygen atoms in total. The van der Waals surface area contributed by atoms with Gasteiger partial charge >= 0.3 is 0 Å². The van der Waals surface area contributed by atoms with E-state index in [4.69, 9.17) is 0 Å². The molecule has 2 N–H and O–H groups in total. The topological polar surface area (TPSA) is 40.5 Å². The summed E-state index contributed by atoms with van der Waals surface area (Å²) in [7, 11) is 0. The van der Waals surface area contributed by atoms with Crippen molar-refractivity contribution in [3.8, 4) is 0 Å². The van der Waals surface area contributed by atoms with E-state index < -0.39 is 12.2 Å². The van der Waals surface area contributed by atoms with Crippen LogP contribution in [-0.2, 0) is 0 Å². The third-order valence-electron chi connectivity index (χ3n) is 3.13. The lowest BCUT2D eigenvalue weighted by molar-refractivity contribution is -0.0650. The van der Waals surface area contributed by atoms with Crippen molar-refractivity contribution in [2.75, 3.05) is 0 Å². The lowest BCUT2D eigenvalue weighted by atomic mass is 9.75. The van der Waals surface area contributed by atoms with Crippen LogP contribution >= 0.6 is 0 Å². The monoisotopic (exact) mass is 188 g/mol. The molecule has 13 heavy (non-hydrogen) atoms. The fourth-order valence-electron chi connectivity index (χ4n) is 1.79. The van der Waals surface area contributed by atoms with E-state index in [2.05, 4.69) is 20.8 Å². The van der Waals surface area contributed by atoms with Crippen LogP contribution in [0.3, 0.4) is 0 Å². The van der Waals surface area contributed by atoms with Crippen molar-refractivity contribution < 1.29 is 10.2 Å². The minimum atomic E-state index is -0.581. The van der Waals surface area contributed by atoms with Gasteiger partial charge in [0, 0.05) is 0 Å². The molecule has 0 radical (unpaired) electrons. The van der Waals surface area contributed by atoms with Gasteiger partial charge in [0.2, 0.25) is 0 Å². The first-order valence-electron chi connectivity index (χ1n) is 5.38. The highest BCUT2D eigenvalue weighted by atomic mass is 16.3. The van der Waals surface area contributed by atoms with Gasteiger partial charge in [0.1, 0.15) is 0 Å². The van der Waals surface area contributed by atoms with Crippen LogP contribution in [0.1, 0.15) is 53.4 Å². The van der Waals surface area contributed by atoms with Gasteiger partial charge in [0.25, 0.3) is 0 Å². The zero-order chi connectivity index (χ0) is 10.5. The van der Waals surface area contributed by atoms with Crippen molar-refractivity contribution in [3.05, 3.63) is 0 Å². The summed E-state index contributed by atoms with van der Waals surface area (Å²) >= 11 is 0. The molecule has 0 aliphatic rings. The standard InChI is InChI=1S/C11H24O2/c1-5-8-11(4,7-3)10(13)9(12)6-2/h9-10,12-13H,5-8H2,1-4H3. The molecule has 0 amide bonds. The van der Waals surface area contributed by atoms with E-state index in [1.54, 1.807) is 0 Å². The molecular weight excluding hydrogens is 164 g/mol. The van der Waals surface area contributed by atoms with Crippen LogP contribution in [0.15, 0.2) is 0 Å². The first-order valence-corrected chi connectivity index (χ1v) is 5.38. The molecule has 0 heterocycles. The van der Waals surface area contributed by atoms with Gasteiger partial charge in [0.15, 0.2) is 0 Å². The average Bonchev–Trinajstić information content (AvgIpc) is 2.15. The predicted octanol–water partition coefficient (Wildman–Crippen LogP) is 2.33. The third-order valence-corrected chi connectivity index (χ3v) is 3.13. The Kier molecular flexibility index (Phi) is 5.57. The first kappa shape index (κ1) is 12.9. The van der Waals surface area contributed by atoms with Crippen LogP contribution in [0.4, 0.5) is 0 Å². The average molecular weight is 188 g/mol. The Balaban J connectivity index is 4.35. The van der Waals surface area contributed by atoms with E-state index in [0.717, 1.165) is 19.3 Å². The summed E-state index contributed by atoms with van der Waals surface area (Å²) in [6.07, 6.45) is 2.41. The van der Waals surface area contributed by atoms with Gasteiger partial charge < -0.3 is 10.2 Å². The van der Waals surface area contributed by atoms with Crippen molar-refractivity contribution in [2.45, 2.75) is 65.6 Å². The molecule has 0 aliphatic carbocycles. The molecule has 3 atom stereocenters. The molecule has 3 unspecified atom stereocenters. The summed E-state index contributed by atoms with van der Waals surface area (Å²) in [6, 6.07) is 0. The van der Waals surface area contributed by atoms with Gasteiger partial charge in [-0.15, -0.1) is 0 Å². The summed E-state index contributed by atoms with van der Waals surface area (Å²) in [4.78, 5) is 0. The Morgan fingerprint density at radius 2 is 1.69 bits per heavy atom. The Hall–Kier alpha value is -0.0800. The molecule has 0 fully saturated rings. The predicted molar refractivity (Wildman–Crippen MR) is 55.6 cm³/mol. The molecule has 0 aromatic heterocycles. The summed E-state index contributed by atoms with van der Waals surface area (Å²) in [5.41, 5.74) is -0.121. The minimum Gasteiger partial charge on any atom is -0.390 e. The van der Waals surface area contributed by atoms with Crippen LogP contribution in [0.2, 0.25) is 0 Å². The van der Waals surface area contributed by atoms with E-state index in [9.17, 15) is 10.2 Å². The number of hydrogen-bond acceptors (Lipinski definition) is 2. The maximum Gasteiger partial charge on any atom is 0.0852 e. The number of aliphatic hydroxyl groups is 2. The van der Waals surface area contributed by atoms with Crippen molar-refractivity contribution in [1.29, 1.82) is 0 Å². The third kappa shape index (κ3) is 3.28. The van der Waals surface area contributed by atoms with Gasteiger partial charge in [-0.3, -0.25) is 0 Å². The maximum absolute atomic E-state index is 9.92. The van der Waals surface area contributed by atoms with Crippen molar-refractivity contribution in [1.82, 2.24) is 0 Å². The fraction of sp³-hybridized carbons (Fsp3) is 1.00. The van der Waals surface area contributed by atoms with E-state index >= 15 is 0 Å². The van der Waals surface area contributed by atoms with E-state index in [1.165, 1.54) is 0 Å². The van der Waals surface area contributed by atoms with Crippen molar-refractivity contribution in [2.24, 2.45) is 5.41 Å². The normalized spacial score (nSPS) is 20.8. The second-order valence-electron chi connectivity index (χ2n) is 4.18. The molecule has 0 aliphatic heterocycles. The van der Waals surface area contributed by atoms with Crippen LogP contribution < -0.4 is 0 Å². The molecule has 2 heteroatoms. The Morgan fingerprint density at radius 1 is 1.15 bits per heavy atom. The summed E-state index contributed by atoms with van der Waals surface area (Å²) in [5, 5.41) is 19.5. The first-order chi connectivity index (χ1) is 6.01. The van der Waals surface area contributed by atoms with E-state index in [0.29, 0.717) is 6.42 Å². The molecule has 0 aromatic carbocycles. The Labute approximate surface area is 82.0 Å². The fourth-order valence-corrected chi connectivity index (χ4v) is 1.79. The smallest absolute Gasteiger partial charge is 0.0852 e. The molecule has 80 valence electrons. The minimum absolute atomic E-state index is 0.121. The van der Waals surface area contributed by atoms with Gasteiger partial charge in [-0.1, -0.05) is 34.1 Å². The van der Waals surface area contributed by atoms with Gasteiger partial charge in [0.05, 0.1) is 12.2 Å². The van der Waals surface area contributed by atoms with Crippen LogP contribution in [-0.4, -0.2) is 22.4 Å². The number of aliphatic hydroxyl groups excluding tert-OH is 2. The SMILES string of the molecule is CCCC(C)(CC)C(O)C(O)CC. The summed E-state index contributed by atoms with van der Waals surface area (Å²) < 4.78 is 0. The van der Waals surface area contributed by atoms with Crippen LogP contribution in [0, 0.1) is 5.41 Å². The van der Waals surface area contributed by atoms with E-state index in [1.807, 2.05) is 6.92 Å². The van der Waals surface area contributed by atoms with Gasteiger partial charge in [-0.2, -0.15) is 0 Å². The molecular formula is C11H24O2. The maximum atomic E-state index is 9.92. The lowest BCUT2D eigenvalue weighted by Crippen LogP contribution is -2.40. The lowest BCUT2D eigenvalue weighted by Gasteiger charge is -2.36. The van der Waals surface area contributed by atoms with Crippen LogP contribution in [0.25, 0.3) is 0 Å².